The van der Waals surface area contributed by atoms with Crippen molar-refractivity contribution in [3.05, 3.63) is 0 Å². The van der Waals surface area contributed by atoms with E-state index in [9.17, 15) is 0 Å². The second-order valence-electron chi connectivity index (χ2n) is 7.45. The highest BCUT2D eigenvalue weighted by Gasteiger charge is 2.84. The Morgan fingerprint density at radius 1 is 0.293 bits per heavy atom. The zero-order chi connectivity index (χ0) is 34.3. The summed E-state index contributed by atoms with van der Waals surface area (Å²) in [4.78, 5) is 0. The van der Waals surface area contributed by atoms with Crippen LogP contribution in [0.3, 0.4) is 0 Å². The van der Waals surface area contributed by atoms with Crippen LogP contribution in [0.2, 0.25) is 0 Å². The minimum Gasteiger partial charge on any atom is -0.500 e. The molecule has 0 aliphatic heterocycles. The zero-order valence-electron chi connectivity index (χ0n) is 17.8. The van der Waals surface area contributed by atoms with Gasteiger partial charge in [0, 0.05) is 7.11 Å². The first-order valence-corrected chi connectivity index (χ1v) is 20.1. The van der Waals surface area contributed by atoms with Gasteiger partial charge < -0.3 is 3.79 Å². The van der Waals surface area contributed by atoms with Gasteiger partial charge in [0.25, 0.3) is 0 Å². The first-order chi connectivity index (χ1) is 17.2. The van der Waals surface area contributed by atoms with Crippen molar-refractivity contribution in [2.45, 2.75) is 48.6 Å². The van der Waals surface area contributed by atoms with Crippen molar-refractivity contribution in [2.24, 2.45) is 0 Å². The van der Waals surface area contributed by atoms with E-state index in [1.807, 2.05) is 0 Å². The molecule has 1 nitrogen and oxygen atoms in total. The molecule has 0 heterocycles. The quantitative estimate of drug-likeness (QED) is 0.148. The van der Waals surface area contributed by atoms with E-state index in [-0.39, 0.29) is 0 Å². The van der Waals surface area contributed by atoms with Gasteiger partial charge in [0.2, 0.25) is 16.3 Å². The molecule has 0 fully saturated rings. The third-order valence-corrected chi connectivity index (χ3v) is 26.8. The molecule has 0 atom stereocenters. The Bertz CT molecular complexity index is 866. The number of hydrogen-bond donors (Lipinski definition) is 0. The highest BCUT2D eigenvalue weighted by molar-refractivity contribution is 6.99. The fourth-order valence-electron chi connectivity index (χ4n) is 2.42. The summed E-state index contributed by atoms with van der Waals surface area (Å²) < 4.78 is -30.6. The summed E-state index contributed by atoms with van der Waals surface area (Å²) in [7, 11) is 0.921. The summed E-state index contributed by atoms with van der Waals surface area (Å²) in [6.07, 6.45) is 0. The number of hydrogen-bond acceptors (Lipinski definition) is 1. The van der Waals surface area contributed by atoms with Crippen LogP contribution in [0.4, 0.5) is 0 Å². The standard InChI is InChI=1S/2C6Cl13.CH3O.Al/c2*7-1(8)2(9,10)3(11,12)4(13,14)5(15,16)6(17,18)19;1-2;/h;;1H3;/q;;-1;+1. The van der Waals surface area contributed by atoms with Crippen molar-refractivity contribution in [1.82, 2.24) is 0 Å². The third-order valence-electron chi connectivity index (χ3n) is 4.81. The number of alkyl halides is 26. The molecule has 0 saturated carbocycles. The molecule has 0 unspecified atom stereocenters. The molecule has 0 spiro atoms. The van der Waals surface area contributed by atoms with E-state index in [4.69, 9.17) is 305 Å². The van der Waals surface area contributed by atoms with Gasteiger partial charge in [-0.3, -0.25) is 0 Å². The van der Waals surface area contributed by atoms with E-state index in [1.165, 1.54) is 0 Å². The Kier molecular flexibility index (Phi) is 18.0. The summed E-state index contributed by atoms with van der Waals surface area (Å²) in [5.74, 6) is 0. The Balaban J connectivity index is 7.34. The zero-order valence-corrected chi connectivity index (χ0v) is 38.6. The van der Waals surface area contributed by atoms with Crippen LogP contribution in [0, 0.1) is 0 Å². The van der Waals surface area contributed by atoms with Crippen LogP contribution in [0.15, 0.2) is 0 Å². The van der Waals surface area contributed by atoms with Crippen molar-refractivity contribution >= 4 is 316 Å². The largest absolute Gasteiger partial charge is 0.553 e. The molecule has 246 valence electrons. The molecule has 28 heteroatoms. The van der Waals surface area contributed by atoms with Crippen LogP contribution >= 0.6 is 302 Å². The Labute approximate surface area is 369 Å². The van der Waals surface area contributed by atoms with E-state index in [1.54, 1.807) is 0 Å². The lowest BCUT2D eigenvalue weighted by atomic mass is 10.1. The van der Waals surface area contributed by atoms with E-state index >= 15 is 0 Å². The average molecular weight is 1120 g/mol. The molecule has 0 rings (SSSR count). The predicted molar refractivity (Wildman–Crippen MR) is 198 cm³/mol. The second kappa shape index (κ2) is 15.0. The Morgan fingerprint density at radius 2 is 0.463 bits per heavy atom. The van der Waals surface area contributed by atoms with Crippen molar-refractivity contribution in [1.29, 1.82) is 0 Å². The minimum absolute atomic E-state index is 0.921. The van der Waals surface area contributed by atoms with Crippen molar-refractivity contribution in [3.8, 4) is 0 Å². The molecule has 0 aromatic rings. The summed E-state index contributed by atoms with van der Waals surface area (Å²) in [5.41, 5.74) is 0. The Hall–Kier alpha value is 8.03. The van der Waals surface area contributed by atoms with Crippen LogP contribution in [-0.4, -0.2) is 70.2 Å². The van der Waals surface area contributed by atoms with Crippen LogP contribution in [0.1, 0.15) is 0 Å². The van der Waals surface area contributed by atoms with Crippen molar-refractivity contribution in [3.63, 3.8) is 0 Å². The van der Waals surface area contributed by atoms with Gasteiger partial charge in [-0.25, -0.2) is 0 Å². The predicted octanol–water partition coefficient (Wildman–Crippen LogP) is 15.2. The molecule has 0 bridgehead atoms. The molecule has 0 aliphatic rings. The fourth-order valence-corrected chi connectivity index (χ4v) is 16.4. The number of halogens is 26. The lowest BCUT2D eigenvalue weighted by Crippen LogP contribution is -2.74. The molecule has 41 heavy (non-hydrogen) atoms. The maximum atomic E-state index is 6.58. The van der Waals surface area contributed by atoms with Gasteiger partial charge in [-0.2, -0.15) is 0 Å². The monoisotopic (exact) mass is 1110 g/mol. The molecule has 0 N–H and O–H groups in total. The van der Waals surface area contributed by atoms with Gasteiger partial charge >= 0.3 is 14.5 Å². The summed E-state index contributed by atoms with van der Waals surface area (Å²) >= 11 is 158. The summed E-state index contributed by atoms with van der Waals surface area (Å²) in [6.45, 7) is 0. The third kappa shape index (κ3) is 8.11. The average Bonchev–Trinajstić information content (AvgIpc) is 2.70. The van der Waals surface area contributed by atoms with Gasteiger partial charge in [0.1, 0.15) is 6.39 Å². The second-order valence-corrected chi connectivity index (χ2v) is 29.8. The SMILES string of the molecule is C[O][Al]([C](Cl)(Cl)C(Cl)(Cl)C(Cl)(Cl)C(Cl)(Cl)C(Cl)(Cl)C(Cl)(Cl)Cl)[C](Cl)(Cl)C(Cl)(Cl)C(Cl)(Cl)C(Cl)(Cl)C(Cl)(Cl)C(Cl)(Cl)Cl. The van der Waals surface area contributed by atoms with Gasteiger partial charge in [-0.15, -0.1) is 46.4 Å². The molecule has 0 amide bonds. The minimum atomic E-state index is -4.33. The Morgan fingerprint density at radius 3 is 0.610 bits per heavy atom. The van der Waals surface area contributed by atoms with Crippen LogP contribution < -0.4 is 0 Å². The van der Waals surface area contributed by atoms with Gasteiger partial charge in [0.05, 0.1) is 0 Å². The molecular formula is C13H3AlCl26O. The molecule has 0 radical (unpaired) electrons. The highest BCUT2D eigenvalue weighted by atomic mass is 35.6. The van der Waals surface area contributed by atoms with Crippen LogP contribution in [0.5, 0.6) is 0 Å². The van der Waals surface area contributed by atoms with Crippen molar-refractivity contribution in [2.75, 3.05) is 7.11 Å². The maximum Gasteiger partial charge on any atom is 0.553 e. The number of rotatable bonds is 11. The molecular weight excluding hydrogens is 1120 g/mol. The smallest absolute Gasteiger partial charge is 0.500 e. The van der Waals surface area contributed by atoms with Crippen molar-refractivity contribution < 1.29 is 3.79 Å². The molecule has 0 aromatic heterocycles. The van der Waals surface area contributed by atoms with Gasteiger partial charge in [0.15, 0.2) is 26.0 Å². The first kappa shape index (κ1) is 49.0. The lowest BCUT2D eigenvalue weighted by Gasteiger charge is -2.54. The molecule has 0 aliphatic carbocycles. The molecule has 0 aromatic carbocycles. The first-order valence-electron chi connectivity index (χ1n) is 8.63. The van der Waals surface area contributed by atoms with Gasteiger partial charge in [-0.1, -0.05) is 255 Å². The lowest BCUT2D eigenvalue weighted by molar-refractivity contribution is 0.384. The van der Waals surface area contributed by atoms with E-state index in [0.29, 0.717) is 0 Å². The summed E-state index contributed by atoms with van der Waals surface area (Å²) in [5, 5.41) is 0. The van der Waals surface area contributed by atoms with Crippen LogP contribution in [-0.2, 0) is 3.79 Å². The van der Waals surface area contributed by atoms with Gasteiger partial charge in [-0.05, 0) is 0 Å². The van der Waals surface area contributed by atoms with E-state index in [2.05, 4.69) is 0 Å². The highest BCUT2D eigenvalue weighted by Crippen LogP contribution is 2.73. The van der Waals surface area contributed by atoms with Crippen LogP contribution in [0.25, 0.3) is 0 Å². The fraction of sp³-hybridized carbons (Fsp3) is 1.00. The van der Waals surface area contributed by atoms with E-state index in [0.717, 1.165) is 7.11 Å². The summed E-state index contributed by atoms with van der Waals surface area (Å²) in [6, 6.07) is 0. The maximum absolute atomic E-state index is 6.58. The molecule has 0 saturated heterocycles. The van der Waals surface area contributed by atoms with E-state index < -0.39 is 63.1 Å². The topological polar surface area (TPSA) is 9.23 Å². The normalized spacial score (nSPS) is 16.8.